The molecule has 0 radical (unpaired) electrons. The minimum atomic E-state index is -3.63. The zero-order chi connectivity index (χ0) is 22.7. The van der Waals surface area contributed by atoms with Gasteiger partial charge in [0.15, 0.2) is 0 Å². The molecule has 1 fully saturated rings. The van der Waals surface area contributed by atoms with Crippen molar-refractivity contribution in [2.45, 2.75) is 4.90 Å². The van der Waals surface area contributed by atoms with Crippen molar-refractivity contribution in [3.8, 4) is 16.9 Å². The molecule has 166 valence electrons. The highest BCUT2D eigenvalue weighted by atomic mass is 79.9. The summed E-state index contributed by atoms with van der Waals surface area (Å²) < 4.78 is 33.6. The van der Waals surface area contributed by atoms with Gasteiger partial charge in [-0.25, -0.2) is 8.42 Å². The molecule has 1 heterocycles. The Balaban J connectivity index is 1.45. The van der Waals surface area contributed by atoms with Crippen LogP contribution in [0.25, 0.3) is 11.1 Å². The van der Waals surface area contributed by atoms with Crippen molar-refractivity contribution in [2.24, 2.45) is 0 Å². The average Bonchev–Trinajstić information content (AvgIpc) is 2.84. The third-order valence-corrected chi connectivity index (χ3v) is 8.13. The molecule has 1 aliphatic heterocycles. The molecule has 1 saturated heterocycles. The molecule has 3 aromatic carbocycles. The number of methoxy groups -OCH3 is 1. The molecule has 0 saturated carbocycles. The van der Waals surface area contributed by atoms with E-state index in [0.717, 1.165) is 11.1 Å². The van der Waals surface area contributed by atoms with E-state index in [1.165, 1.54) is 4.31 Å². The van der Waals surface area contributed by atoms with Gasteiger partial charge in [-0.15, -0.1) is 0 Å². The van der Waals surface area contributed by atoms with Gasteiger partial charge in [-0.2, -0.15) is 4.31 Å². The summed E-state index contributed by atoms with van der Waals surface area (Å²) in [5.41, 5.74) is 2.49. The van der Waals surface area contributed by atoms with E-state index < -0.39 is 10.0 Å². The van der Waals surface area contributed by atoms with Crippen molar-refractivity contribution in [3.63, 3.8) is 0 Å². The Bertz CT molecular complexity index is 1210. The maximum absolute atomic E-state index is 13.1. The fourth-order valence-electron chi connectivity index (χ4n) is 3.70. The summed E-state index contributed by atoms with van der Waals surface area (Å²) in [5.74, 6) is 0.441. The SMILES string of the molecule is COc1ccc(Br)c(C(=O)N2CCN(S(=O)(=O)c3ccc(-c4ccccc4)cc3)CC2)c1. The molecule has 6 nitrogen and oxygen atoms in total. The quantitative estimate of drug-likeness (QED) is 0.509. The molecular weight excluding hydrogens is 492 g/mol. The molecule has 0 spiro atoms. The first-order valence-electron chi connectivity index (χ1n) is 10.2. The third-order valence-electron chi connectivity index (χ3n) is 5.53. The summed E-state index contributed by atoms with van der Waals surface area (Å²) in [6.07, 6.45) is 0. The Labute approximate surface area is 196 Å². The number of hydrogen-bond donors (Lipinski definition) is 0. The van der Waals surface area contributed by atoms with Crippen LogP contribution in [-0.2, 0) is 10.0 Å². The van der Waals surface area contributed by atoms with E-state index in [2.05, 4.69) is 15.9 Å². The summed E-state index contributed by atoms with van der Waals surface area (Å²) >= 11 is 3.41. The lowest BCUT2D eigenvalue weighted by Gasteiger charge is -2.34. The highest BCUT2D eigenvalue weighted by molar-refractivity contribution is 9.10. The minimum absolute atomic E-state index is 0.153. The minimum Gasteiger partial charge on any atom is -0.497 e. The molecule has 4 rings (SSSR count). The summed E-state index contributed by atoms with van der Waals surface area (Å²) in [4.78, 5) is 14.9. The van der Waals surface area contributed by atoms with Gasteiger partial charge in [0.2, 0.25) is 10.0 Å². The molecule has 0 aromatic heterocycles. The van der Waals surface area contributed by atoms with Crippen LogP contribution < -0.4 is 4.74 Å². The molecular formula is C24H23BrN2O4S. The molecule has 0 bridgehead atoms. The van der Waals surface area contributed by atoms with Gasteiger partial charge >= 0.3 is 0 Å². The van der Waals surface area contributed by atoms with Crippen LogP contribution in [0, 0.1) is 0 Å². The molecule has 1 aliphatic rings. The van der Waals surface area contributed by atoms with E-state index in [-0.39, 0.29) is 23.9 Å². The van der Waals surface area contributed by atoms with Crippen LogP contribution in [0.2, 0.25) is 0 Å². The number of carbonyl (C=O) groups is 1. The zero-order valence-corrected chi connectivity index (χ0v) is 20.0. The predicted molar refractivity (Wildman–Crippen MR) is 127 cm³/mol. The van der Waals surface area contributed by atoms with E-state index in [0.29, 0.717) is 28.9 Å². The van der Waals surface area contributed by atoms with Crippen LogP contribution in [0.5, 0.6) is 5.75 Å². The number of hydrogen-bond acceptors (Lipinski definition) is 4. The van der Waals surface area contributed by atoms with Gasteiger partial charge in [0.1, 0.15) is 5.75 Å². The highest BCUT2D eigenvalue weighted by Gasteiger charge is 2.31. The van der Waals surface area contributed by atoms with Crippen LogP contribution in [0.15, 0.2) is 82.2 Å². The van der Waals surface area contributed by atoms with Crippen molar-refractivity contribution in [3.05, 3.63) is 82.8 Å². The van der Waals surface area contributed by atoms with Gasteiger partial charge in [-0.3, -0.25) is 4.79 Å². The van der Waals surface area contributed by atoms with Crippen LogP contribution >= 0.6 is 15.9 Å². The number of carbonyl (C=O) groups excluding carboxylic acids is 1. The summed E-state index contributed by atoms with van der Waals surface area (Å²) in [5, 5.41) is 0. The molecule has 32 heavy (non-hydrogen) atoms. The average molecular weight is 515 g/mol. The fraction of sp³-hybridized carbons (Fsp3) is 0.208. The monoisotopic (exact) mass is 514 g/mol. The number of halogens is 1. The lowest BCUT2D eigenvalue weighted by Crippen LogP contribution is -2.50. The highest BCUT2D eigenvalue weighted by Crippen LogP contribution is 2.26. The summed E-state index contributed by atoms with van der Waals surface area (Å²) in [7, 11) is -2.08. The predicted octanol–water partition coefficient (Wildman–Crippen LogP) is 4.27. The van der Waals surface area contributed by atoms with Gasteiger partial charge in [0.25, 0.3) is 5.91 Å². The van der Waals surface area contributed by atoms with Crippen molar-refractivity contribution in [1.29, 1.82) is 0 Å². The van der Waals surface area contributed by atoms with E-state index in [1.807, 2.05) is 42.5 Å². The first kappa shape index (κ1) is 22.5. The molecule has 0 atom stereocenters. The number of ether oxygens (including phenoxy) is 1. The van der Waals surface area contributed by atoms with E-state index >= 15 is 0 Å². The van der Waals surface area contributed by atoms with E-state index in [4.69, 9.17) is 4.74 Å². The van der Waals surface area contributed by atoms with Crippen LogP contribution in [0.1, 0.15) is 10.4 Å². The number of benzene rings is 3. The van der Waals surface area contributed by atoms with E-state index in [9.17, 15) is 13.2 Å². The Kier molecular flexibility index (Phi) is 6.64. The van der Waals surface area contributed by atoms with Crippen molar-refractivity contribution in [2.75, 3.05) is 33.3 Å². The molecule has 0 unspecified atom stereocenters. The molecule has 0 aliphatic carbocycles. The van der Waals surface area contributed by atoms with Crippen molar-refractivity contribution < 1.29 is 17.9 Å². The Morgan fingerprint density at radius 2 is 1.50 bits per heavy atom. The smallest absolute Gasteiger partial charge is 0.255 e. The first-order chi connectivity index (χ1) is 15.4. The fourth-order valence-corrected chi connectivity index (χ4v) is 5.53. The van der Waals surface area contributed by atoms with Crippen LogP contribution in [-0.4, -0.2) is 56.8 Å². The van der Waals surface area contributed by atoms with Gasteiger partial charge < -0.3 is 9.64 Å². The Hall–Kier alpha value is -2.68. The molecule has 8 heteroatoms. The number of sulfonamides is 1. The van der Waals surface area contributed by atoms with Crippen LogP contribution in [0.3, 0.4) is 0 Å². The maximum atomic E-state index is 13.1. The first-order valence-corrected chi connectivity index (χ1v) is 12.4. The third kappa shape index (κ3) is 4.57. The second-order valence-electron chi connectivity index (χ2n) is 7.43. The summed E-state index contributed by atoms with van der Waals surface area (Å²) in [6, 6.07) is 22.0. The lowest BCUT2D eigenvalue weighted by atomic mass is 10.1. The Morgan fingerprint density at radius 3 is 2.12 bits per heavy atom. The Morgan fingerprint density at radius 1 is 0.875 bits per heavy atom. The summed E-state index contributed by atoms with van der Waals surface area (Å²) in [6.45, 7) is 1.14. The van der Waals surface area contributed by atoms with Gasteiger partial charge in [0.05, 0.1) is 17.6 Å². The molecule has 1 amide bonds. The lowest BCUT2D eigenvalue weighted by molar-refractivity contribution is 0.0696. The van der Waals surface area contributed by atoms with Crippen molar-refractivity contribution >= 4 is 31.9 Å². The number of amides is 1. The number of rotatable bonds is 5. The second-order valence-corrected chi connectivity index (χ2v) is 10.2. The second kappa shape index (κ2) is 9.44. The number of piperazine rings is 1. The number of nitrogens with zero attached hydrogens (tertiary/aromatic N) is 2. The van der Waals surface area contributed by atoms with Gasteiger partial charge in [0, 0.05) is 30.7 Å². The van der Waals surface area contributed by atoms with Gasteiger partial charge in [-0.1, -0.05) is 42.5 Å². The van der Waals surface area contributed by atoms with Crippen LogP contribution in [0.4, 0.5) is 0 Å². The maximum Gasteiger partial charge on any atom is 0.255 e. The largest absolute Gasteiger partial charge is 0.497 e. The van der Waals surface area contributed by atoms with Crippen molar-refractivity contribution in [1.82, 2.24) is 9.21 Å². The normalized spacial score (nSPS) is 14.9. The van der Waals surface area contributed by atoms with E-state index in [1.54, 1.807) is 42.3 Å². The topological polar surface area (TPSA) is 66.9 Å². The zero-order valence-electron chi connectivity index (χ0n) is 17.6. The standard InChI is InChI=1S/C24H23BrN2O4S/c1-31-20-9-12-23(25)22(17-20)24(28)26-13-15-27(16-14-26)32(29,30)21-10-7-19(8-11-21)18-5-3-2-4-6-18/h2-12,17H,13-16H2,1H3. The molecule has 3 aromatic rings. The molecule has 0 N–H and O–H groups in total. The van der Waals surface area contributed by atoms with Gasteiger partial charge in [-0.05, 0) is 57.4 Å².